The van der Waals surface area contributed by atoms with Crippen LogP contribution in [0, 0.1) is 0 Å². The molecule has 4 nitrogen and oxygen atoms in total. The molecule has 1 N–H and O–H groups in total. The van der Waals surface area contributed by atoms with Gasteiger partial charge in [0.05, 0.1) is 12.6 Å². The molecule has 0 bridgehead atoms. The van der Waals surface area contributed by atoms with E-state index in [4.69, 9.17) is 5.11 Å². The SMILES string of the molecule is CN(C)C(=O)N1CCCCC1CO. The monoisotopic (exact) mass is 186 g/mol. The maximum absolute atomic E-state index is 11.6. The average Bonchev–Trinajstić information content (AvgIpc) is 2.16. The van der Waals surface area contributed by atoms with Gasteiger partial charge in [0.1, 0.15) is 0 Å². The summed E-state index contributed by atoms with van der Waals surface area (Å²) in [5.74, 6) is 0. The number of amides is 2. The van der Waals surface area contributed by atoms with Crippen LogP contribution >= 0.6 is 0 Å². The highest BCUT2D eigenvalue weighted by Gasteiger charge is 2.26. The first-order valence-corrected chi connectivity index (χ1v) is 4.75. The standard InChI is InChI=1S/C9H18N2O2/c1-10(2)9(13)11-6-4-3-5-8(11)7-12/h8,12H,3-7H2,1-2H3. The van der Waals surface area contributed by atoms with Crippen molar-refractivity contribution in [1.82, 2.24) is 9.80 Å². The number of nitrogens with zero attached hydrogens (tertiary/aromatic N) is 2. The third-order valence-electron chi connectivity index (χ3n) is 2.47. The number of aliphatic hydroxyl groups is 1. The minimum atomic E-state index is 0.0127. The summed E-state index contributed by atoms with van der Waals surface area (Å²) in [6.45, 7) is 0.863. The number of carbonyl (C=O) groups is 1. The Bertz CT molecular complexity index is 182. The van der Waals surface area contributed by atoms with Crippen molar-refractivity contribution in [3.05, 3.63) is 0 Å². The van der Waals surface area contributed by atoms with Gasteiger partial charge in [0.15, 0.2) is 0 Å². The molecule has 1 aliphatic rings. The van der Waals surface area contributed by atoms with Gasteiger partial charge in [-0.2, -0.15) is 0 Å². The molecular weight excluding hydrogens is 168 g/mol. The highest BCUT2D eigenvalue weighted by Crippen LogP contribution is 2.17. The fourth-order valence-electron chi connectivity index (χ4n) is 1.70. The normalized spacial score (nSPS) is 23.0. The van der Waals surface area contributed by atoms with Crippen molar-refractivity contribution >= 4 is 6.03 Å². The van der Waals surface area contributed by atoms with E-state index in [0.29, 0.717) is 0 Å². The molecule has 13 heavy (non-hydrogen) atoms. The van der Waals surface area contributed by atoms with Gasteiger partial charge in [-0.15, -0.1) is 0 Å². The van der Waals surface area contributed by atoms with Crippen molar-refractivity contribution in [3.63, 3.8) is 0 Å². The first kappa shape index (κ1) is 10.3. The van der Waals surface area contributed by atoms with Crippen LogP contribution in [0.2, 0.25) is 0 Å². The second-order valence-corrected chi connectivity index (χ2v) is 3.70. The van der Waals surface area contributed by atoms with Gasteiger partial charge in [-0.3, -0.25) is 0 Å². The number of carbonyl (C=O) groups excluding carboxylic acids is 1. The second-order valence-electron chi connectivity index (χ2n) is 3.70. The summed E-state index contributed by atoms with van der Waals surface area (Å²) in [5.41, 5.74) is 0. The molecule has 1 heterocycles. The zero-order valence-electron chi connectivity index (χ0n) is 8.36. The Hall–Kier alpha value is -0.770. The van der Waals surface area contributed by atoms with E-state index >= 15 is 0 Å². The molecule has 4 heteroatoms. The molecule has 1 unspecified atom stereocenters. The fourth-order valence-corrected chi connectivity index (χ4v) is 1.70. The van der Waals surface area contributed by atoms with Gasteiger partial charge in [-0.25, -0.2) is 4.79 Å². The first-order valence-electron chi connectivity index (χ1n) is 4.75. The van der Waals surface area contributed by atoms with E-state index in [9.17, 15) is 4.79 Å². The van der Waals surface area contributed by atoms with E-state index in [1.165, 1.54) is 0 Å². The Labute approximate surface area is 79.1 Å². The molecule has 0 aromatic heterocycles. The van der Waals surface area contributed by atoms with Gasteiger partial charge in [-0.05, 0) is 19.3 Å². The molecule has 1 rings (SSSR count). The third-order valence-corrected chi connectivity index (χ3v) is 2.47. The number of likely N-dealkylation sites (tertiary alicyclic amines) is 1. The Morgan fingerprint density at radius 2 is 2.23 bits per heavy atom. The smallest absolute Gasteiger partial charge is 0.319 e. The molecule has 1 atom stereocenters. The van der Waals surface area contributed by atoms with Crippen LogP contribution in [-0.2, 0) is 0 Å². The summed E-state index contributed by atoms with van der Waals surface area (Å²) in [4.78, 5) is 14.9. The number of hydrogen-bond acceptors (Lipinski definition) is 2. The third kappa shape index (κ3) is 2.34. The van der Waals surface area contributed by atoms with Gasteiger partial charge in [0, 0.05) is 20.6 Å². The van der Waals surface area contributed by atoms with E-state index in [0.717, 1.165) is 25.8 Å². The van der Waals surface area contributed by atoms with Crippen LogP contribution in [0.25, 0.3) is 0 Å². The van der Waals surface area contributed by atoms with Crippen LogP contribution in [0.4, 0.5) is 4.79 Å². The van der Waals surface area contributed by atoms with Crippen LogP contribution in [0.5, 0.6) is 0 Å². The zero-order chi connectivity index (χ0) is 9.84. The van der Waals surface area contributed by atoms with Crippen LogP contribution < -0.4 is 0 Å². The van der Waals surface area contributed by atoms with Crippen molar-refractivity contribution < 1.29 is 9.90 Å². The Balaban J connectivity index is 2.58. The lowest BCUT2D eigenvalue weighted by atomic mass is 10.0. The quantitative estimate of drug-likeness (QED) is 0.648. The lowest BCUT2D eigenvalue weighted by molar-refractivity contribution is 0.0937. The molecule has 1 fully saturated rings. The molecular formula is C9H18N2O2. The Morgan fingerprint density at radius 3 is 2.77 bits per heavy atom. The molecule has 1 aliphatic heterocycles. The molecule has 0 radical (unpaired) electrons. The number of hydrogen-bond donors (Lipinski definition) is 1. The van der Waals surface area contributed by atoms with Crippen LogP contribution in [0.3, 0.4) is 0 Å². The molecule has 0 spiro atoms. The number of urea groups is 1. The van der Waals surface area contributed by atoms with Gasteiger partial charge in [0.2, 0.25) is 0 Å². The lowest BCUT2D eigenvalue weighted by Crippen LogP contribution is -2.49. The highest BCUT2D eigenvalue weighted by atomic mass is 16.3. The maximum Gasteiger partial charge on any atom is 0.319 e. The van der Waals surface area contributed by atoms with E-state index in [-0.39, 0.29) is 18.7 Å². The van der Waals surface area contributed by atoms with Crippen LogP contribution in [0.1, 0.15) is 19.3 Å². The van der Waals surface area contributed by atoms with Crippen molar-refractivity contribution in [2.24, 2.45) is 0 Å². The minimum Gasteiger partial charge on any atom is -0.394 e. The van der Waals surface area contributed by atoms with Crippen molar-refractivity contribution in [2.45, 2.75) is 25.3 Å². The second kappa shape index (κ2) is 4.46. The molecule has 1 saturated heterocycles. The van der Waals surface area contributed by atoms with Crippen LogP contribution in [-0.4, -0.2) is 54.2 Å². The topological polar surface area (TPSA) is 43.8 Å². The molecule has 0 aliphatic carbocycles. The predicted octanol–water partition coefficient (Wildman–Crippen LogP) is 0.515. The van der Waals surface area contributed by atoms with Gasteiger partial charge >= 0.3 is 6.03 Å². The predicted molar refractivity (Wildman–Crippen MR) is 50.5 cm³/mol. The summed E-state index contributed by atoms with van der Waals surface area (Å²) in [7, 11) is 3.48. The van der Waals surface area contributed by atoms with Gasteiger partial charge < -0.3 is 14.9 Å². The average molecular weight is 186 g/mol. The van der Waals surface area contributed by atoms with Crippen molar-refractivity contribution in [1.29, 1.82) is 0 Å². The molecule has 0 saturated carbocycles. The summed E-state index contributed by atoms with van der Waals surface area (Å²) in [5, 5.41) is 9.08. The molecule has 76 valence electrons. The van der Waals surface area contributed by atoms with Gasteiger partial charge in [0.25, 0.3) is 0 Å². The summed E-state index contributed by atoms with van der Waals surface area (Å²) in [6.07, 6.45) is 3.09. The Kier molecular flexibility index (Phi) is 3.54. The zero-order valence-corrected chi connectivity index (χ0v) is 8.36. The summed E-state index contributed by atoms with van der Waals surface area (Å²) >= 11 is 0. The number of rotatable bonds is 1. The number of piperidine rings is 1. The Morgan fingerprint density at radius 1 is 1.54 bits per heavy atom. The molecule has 0 aromatic carbocycles. The van der Waals surface area contributed by atoms with Crippen molar-refractivity contribution in [2.75, 3.05) is 27.2 Å². The number of aliphatic hydroxyl groups excluding tert-OH is 1. The van der Waals surface area contributed by atoms with E-state index in [2.05, 4.69) is 0 Å². The van der Waals surface area contributed by atoms with Gasteiger partial charge in [-0.1, -0.05) is 0 Å². The summed E-state index contributed by atoms with van der Waals surface area (Å²) < 4.78 is 0. The first-order chi connectivity index (χ1) is 6.16. The lowest BCUT2D eigenvalue weighted by Gasteiger charge is -2.36. The maximum atomic E-state index is 11.6. The molecule has 0 aromatic rings. The van der Waals surface area contributed by atoms with Crippen molar-refractivity contribution in [3.8, 4) is 0 Å². The van der Waals surface area contributed by atoms with E-state index < -0.39 is 0 Å². The van der Waals surface area contributed by atoms with Crippen LogP contribution in [0.15, 0.2) is 0 Å². The minimum absolute atomic E-state index is 0.0127. The van der Waals surface area contributed by atoms with E-state index in [1.54, 1.807) is 23.9 Å². The largest absolute Gasteiger partial charge is 0.394 e. The fraction of sp³-hybridized carbons (Fsp3) is 0.889. The van der Waals surface area contributed by atoms with E-state index in [1.807, 2.05) is 0 Å². The molecule has 2 amide bonds. The summed E-state index contributed by atoms with van der Waals surface area (Å²) in [6, 6.07) is 0.0439. The highest BCUT2D eigenvalue weighted by molar-refractivity contribution is 5.74.